The summed E-state index contributed by atoms with van der Waals surface area (Å²) < 4.78 is 0. The van der Waals surface area contributed by atoms with Crippen molar-refractivity contribution < 1.29 is 43.2 Å². The molecule has 18 N–H and O–H groups in total. The van der Waals surface area contributed by atoms with Gasteiger partial charge in [0.25, 0.3) is 5.91 Å². The fourth-order valence-electron chi connectivity index (χ4n) is 8.28. The van der Waals surface area contributed by atoms with E-state index in [-0.39, 0.29) is 88.8 Å². The molecule has 0 bridgehead atoms. The molecule has 1 aliphatic heterocycles. The number of thiophene rings is 1. The third-order valence-electron chi connectivity index (χ3n) is 11.9. The maximum atomic E-state index is 14.7. The number of nitrogens with one attached hydrogen (secondary N) is 6. The van der Waals surface area contributed by atoms with E-state index in [0.29, 0.717) is 16.9 Å². The Hall–Kier alpha value is -8.09. The van der Waals surface area contributed by atoms with Crippen molar-refractivity contribution in [2.45, 2.75) is 120 Å². The highest BCUT2D eigenvalue weighted by atomic mass is 32.1. The molecular weight excluding hydrogens is 987 g/mol. The van der Waals surface area contributed by atoms with Crippen molar-refractivity contribution in [2.75, 3.05) is 19.6 Å². The number of nitrogens with zero attached hydrogens (tertiary/aromatic N) is 3. The Balaban J connectivity index is 1.61. The highest BCUT2D eigenvalue weighted by Crippen LogP contribution is 2.21. The van der Waals surface area contributed by atoms with E-state index in [0.717, 1.165) is 5.56 Å². The summed E-state index contributed by atoms with van der Waals surface area (Å²) in [5.41, 5.74) is 34.2. The number of rotatable bonds is 30. The zero-order chi connectivity index (χ0) is 55.0. The van der Waals surface area contributed by atoms with Gasteiger partial charge < -0.3 is 71.2 Å². The highest BCUT2D eigenvalue weighted by molar-refractivity contribution is 7.12. The van der Waals surface area contributed by atoms with Crippen LogP contribution in [0.2, 0.25) is 0 Å². The Morgan fingerprint density at radius 2 is 1.09 bits per heavy atom. The van der Waals surface area contributed by atoms with Crippen LogP contribution in [-0.2, 0) is 51.2 Å². The monoisotopic (exact) mass is 1060 g/mol. The summed E-state index contributed by atoms with van der Waals surface area (Å²) in [5, 5.41) is 18.1. The molecule has 1 fully saturated rings. The predicted octanol–water partition coefficient (Wildman–Crippen LogP) is -1.74. The number of aliphatic imine (C=N–C) groups is 2. The molecule has 0 unspecified atom stereocenters. The fourth-order valence-corrected chi connectivity index (χ4v) is 8.90. The lowest BCUT2D eigenvalue weighted by molar-refractivity contribution is -0.142. The molecule has 1 aliphatic rings. The molecule has 406 valence electrons. The van der Waals surface area contributed by atoms with E-state index in [1.54, 1.807) is 47.8 Å². The van der Waals surface area contributed by atoms with Crippen molar-refractivity contribution in [3.8, 4) is 0 Å². The molecular formula is C50H71N15O9S. The molecule has 1 saturated heterocycles. The molecule has 0 saturated carbocycles. The number of hydrogen-bond donors (Lipinski definition) is 12. The number of likely N-dealkylation sites (tertiary alicyclic amines) is 1. The molecule has 3 aromatic rings. The van der Waals surface area contributed by atoms with Crippen LogP contribution in [0.5, 0.6) is 0 Å². The number of amides is 9. The smallest absolute Gasteiger partial charge is 0.262 e. The molecule has 75 heavy (non-hydrogen) atoms. The van der Waals surface area contributed by atoms with Crippen LogP contribution in [0, 0.1) is 5.92 Å². The van der Waals surface area contributed by atoms with E-state index in [4.69, 9.17) is 34.4 Å². The molecule has 0 radical (unpaired) electrons. The van der Waals surface area contributed by atoms with Crippen LogP contribution in [0.15, 0.2) is 88.2 Å². The SMILES string of the molecule is CC(C)C[C@H](NC(=O)[C@H](Cc1ccccc1)NC(=O)c1cccs1)C(=O)N[C@@H](Cc1ccccc1)C(=O)N[C@@H](CCCN=C(N)N)C(=O)N1CCC[C@H]1C(=O)N[C@@H](CCCN=C(N)N)C(=O)N[C@@H](CC(N)=O)C(N)=O. The van der Waals surface area contributed by atoms with Crippen molar-refractivity contribution in [1.82, 2.24) is 36.8 Å². The predicted molar refractivity (Wildman–Crippen MR) is 283 cm³/mol. The summed E-state index contributed by atoms with van der Waals surface area (Å²) in [5.74, 6) is -7.28. The maximum absolute atomic E-state index is 14.7. The van der Waals surface area contributed by atoms with Gasteiger partial charge in [-0.15, -0.1) is 11.3 Å². The van der Waals surface area contributed by atoms with Crippen molar-refractivity contribution in [2.24, 2.45) is 50.3 Å². The first-order valence-electron chi connectivity index (χ1n) is 24.6. The van der Waals surface area contributed by atoms with Crippen molar-refractivity contribution >= 4 is 76.4 Å². The lowest BCUT2D eigenvalue weighted by Gasteiger charge is -2.31. The molecule has 25 heteroatoms. The van der Waals surface area contributed by atoms with Crippen LogP contribution >= 0.6 is 11.3 Å². The van der Waals surface area contributed by atoms with Gasteiger partial charge in [-0.3, -0.25) is 53.1 Å². The van der Waals surface area contributed by atoms with Gasteiger partial charge in [-0.25, -0.2) is 0 Å². The minimum Gasteiger partial charge on any atom is -0.370 e. The minimum atomic E-state index is -1.48. The Morgan fingerprint density at radius 1 is 0.600 bits per heavy atom. The van der Waals surface area contributed by atoms with Crippen LogP contribution in [0.4, 0.5) is 0 Å². The maximum Gasteiger partial charge on any atom is 0.262 e. The number of nitrogens with two attached hydrogens (primary N) is 6. The first kappa shape index (κ1) is 59.5. The molecule has 1 aromatic heterocycles. The Kier molecular flexibility index (Phi) is 23.9. The van der Waals surface area contributed by atoms with Gasteiger partial charge in [0.1, 0.15) is 42.3 Å². The molecule has 4 rings (SSSR count). The Morgan fingerprint density at radius 3 is 1.60 bits per heavy atom. The molecule has 24 nitrogen and oxygen atoms in total. The van der Waals surface area contributed by atoms with Crippen LogP contribution in [-0.4, -0.2) is 132 Å². The molecule has 0 spiro atoms. The average Bonchev–Trinajstić information content (AvgIpc) is 4.09. The summed E-state index contributed by atoms with van der Waals surface area (Å²) in [6, 6.07) is 12.4. The number of primary amides is 2. The zero-order valence-corrected chi connectivity index (χ0v) is 43.0. The normalized spacial score (nSPS) is 15.3. The summed E-state index contributed by atoms with van der Waals surface area (Å²) in [6.45, 7) is 3.95. The lowest BCUT2D eigenvalue weighted by Crippen LogP contribution is -2.60. The topological polar surface area (TPSA) is 410 Å². The second-order valence-electron chi connectivity index (χ2n) is 18.5. The standard InChI is InChI=1S/C50H71N15O9S/c1-29(2)25-35(62-45(71)37(27-31-15-7-4-8-16-31)64-47(73)39-20-12-24-75-39)43(69)63-36(26-30-13-5-3-6-14-30)44(70)60-33(18-10-22-58-50(55)56)48(74)65-23-11-19-38(65)46(72)59-32(17-9-21-57-49(53)54)42(68)61-34(41(52)67)28-40(51)66/h3-8,12-16,20,24,29,32-38H,9-11,17-19,21-23,25-28H2,1-2H3,(H2,51,66)(H2,52,67)(H,59,72)(H,60,70)(H,61,68)(H,62,71)(H,63,69)(H,64,73)(H4,53,54,57)(H4,55,56,58)/t32-,33-,34-,35-,36-,37-,38-/m0/s1. The number of guanidine groups is 2. The zero-order valence-electron chi connectivity index (χ0n) is 42.2. The minimum absolute atomic E-state index is 0.0194. The van der Waals surface area contributed by atoms with E-state index < -0.39 is 102 Å². The van der Waals surface area contributed by atoms with Crippen LogP contribution < -0.4 is 66.3 Å². The number of carbonyl (C=O) groups is 9. The molecule has 7 atom stereocenters. The van der Waals surface area contributed by atoms with Gasteiger partial charge in [0.15, 0.2) is 11.9 Å². The van der Waals surface area contributed by atoms with Gasteiger partial charge in [-0.05, 0) is 73.4 Å². The summed E-state index contributed by atoms with van der Waals surface area (Å²) >= 11 is 1.21. The Bertz CT molecular complexity index is 2470. The van der Waals surface area contributed by atoms with Crippen molar-refractivity contribution in [3.05, 3.63) is 94.2 Å². The highest BCUT2D eigenvalue weighted by Gasteiger charge is 2.40. The van der Waals surface area contributed by atoms with E-state index in [2.05, 4.69) is 41.9 Å². The first-order chi connectivity index (χ1) is 35.7. The molecule has 2 aromatic carbocycles. The van der Waals surface area contributed by atoms with Gasteiger partial charge in [0.2, 0.25) is 47.3 Å². The van der Waals surface area contributed by atoms with E-state index in [1.807, 2.05) is 44.2 Å². The van der Waals surface area contributed by atoms with E-state index >= 15 is 0 Å². The van der Waals surface area contributed by atoms with Gasteiger partial charge >= 0.3 is 0 Å². The molecule has 0 aliphatic carbocycles. The van der Waals surface area contributed by atoms with Gasteiger partial charge in [-0.1, -0.05) is 80.6 Å². The van der Waals surface area contributed by atoms with Crippen molar-refractivity contribution in [1.29, 1.82) is 0 Å². The summed E-state index contributed by atoms with van der Waals surface area (Å²) in [7, 11) is 0. The third-order valence-corrected chi connectivity index (χ3v) is 12.8. The third kappa shape index (κ3) is 20.4. The number of carbonyl (C=O) groups excluding carboxylic acids is 9. The second-order valence-corrected chi connectivity index (χ2v) is 19.4. The summed E-state index contributed by atoms with van der Waals surface area (Å²) in [4.78, 5) is 132. The van der Waals surface area contributed by atoms with Crippen LogP contribution in [0.3, 0.4) is 0 Å². The Labute approximate surface area is 439 Å². The lowest BCUT2D eigenvalue weighted by atomic mass is 9.99. The largest absolute Gasteiger partial charge is 0.370 e. The quantitative estimate of drug-likeness (QED) is 0.0201. The second kappa shape index (κ2) is 30.2. The van der Waals surface area contributed by atoms with Crippen molar-refractivity contribution in [3.63, 3.8) is 0 Å². The number of benzene rings is 2. The van der Waals surface area contributed by atoms with Gasteiger partial charge in [0.05, 0.1) is 11.3 Å². The molecule has 9 amide bonds. The number of hydrogen-bond acceptors (Lipinski definition) is 12. The van der Waals surface area contributed by atoms with Crippen LogP contribution in [0.1, 0.15) is 86.0 Å². The summed E-state index contributed by atoms with van der Waals surface area (Å²) in [6.07, 6.45) is 0.455. The molecule has 2 heterocycles. The van der Waals surface area contributed by atoms with E-state index in [1.165, 1.54) is 16.2 Å². The van der Waals surface area contributed by atoms with Gasteiger partial charge in [0, 0.05) is 32.5 Å². The fraction of sp³-hybridized carbons (Fsp3) is 0.460. The van der Waals surface area contributed by atoms with Crippen LogP contribution in [0.25, 0.3) is 0 Å². The van der Waals surface area contributed by atoms with E-state index in [9.17, 15) is 43.2 Å². The first-order valence-corrected chi connectivity index (χ1v) is 25.5. The van der Waals surface area contributed by atoms with Gasteiger partial charge in [-0.2, -0.15) is 0 Å². The average molecular weight is 1060 g/mol.